The first-order valence-electron chi connectivity index (χ1n) is 10.1. The molecule has 26 heavy (non-hydrogen) atoms. The number of fused-ring (bicyclic) bond motifs is 2. The molecule has 0 bridgehead atoms. The van der Waals surface area contributed by atoms with Gasteiger partial charge in [0.15, 0.2) is 5.96 Å². The Labute approximate surface area is 156 Å². The van der Waals surface area contributed by atoms with Crippen LogP contribution in [-0.4, -0.2) is 47.1 Å². The van der Waals surface area contributed by atoms with Crippen molar-refractivity contribution in [2.24, 2.45) is 16.8 Å². The van der Waals surface area contributed by atoms with Crippen molar-refractivity contribution >= 4 is 17.0 Å². The van der Waals surface area contributed by atoms with Crippen molar-refractivity contribution in [3.05, 3.63) is 30.1 Å². The van der Waals surface area contributed by atoms with Gasteiger partial charge >= 0.3 is 0 Å². The average Bonchev–Trinajstić information content (AvgIpc) is 3.22. The van der Waals surface area contributed by atoms with Gasteiger partial charge in [0.25, 0.3) is 0 Å². The number of aromatic nitrogens is 2. The van der Waals surface area contributed by atoms with E-state index in [-0.39, 0.29) is 0 Å². The van der Waals surface area contributed by atoms with Gasteiger partial charge in [0.05, 0.1) is 11.0 Å². The molecule has 1 aromatic heterocycles. The smallest absolute Gasteiger partial charge is 0.193 e. The Morgan fingerprint density at radius 3 is 2.65 bits per heavy atom. The Hall–Kier alpha value is -2.04. The molecule has 2 aliphatic rings. The summed E-state index contributed by atoms with van der Waals surface area (Å²) in [5.41, 5.74) is 2.33. The quantitative estimate of drug-likeness (QED) is 0.520. The molecule has 0 spiro atoms. The highest BCUT2D eigenvalue weighted by Gasteiger charge is 2.35. The van der Waals surface area contributed by atoms with Crippen LogP contribution >= 0.6 is 0 Å². The third-order valence-electron chi connectivity index (χ3n) is 6.17. The van der Waals surface area contributed by atoms with Crippen molar-refractivity contribution in [3.63, 3.8) is 0 Å². The van der Waals surface area contributed by atoms with Gasteiger partial charge in [-0.2, -0.15) is 0 Å². The van der Waals surface area contributed by atoms with Gasteiger partial charge < -0.3 is 14.8 Å². The van der Waals surface area contributed by atoms with E-state index in [0.29, 0.717) is 0 Å². The van der Waals surface area contributed by atoms with E-state index in [1.165, 1.54) is 44.3 Å². The molecular weight excluding hydrogens is 322 g/mol. The maximum atomic E-state index is 4.66. The molecule has 5 heteroatoms. The number of nitrogens with one attached hydrogen (secondary N) is 1. The van der Waals surface area contributed by atoms with E-state index in [1.54, 1.807) is 0 Å². The first-order chi connectivity index (χ1) is 12.8. The second kappa shape index (κ2) is 7.68. The average molecular weight is 354 g/mol. The molecule has 0 amide bonds. The standard InChI is InChI=1S/C21H31N5/c1-16-24-19-10-5-6-11-20(19)26(16)13-7-12-23-21(22-2)25-14-17-8-3-4-9-18(17)15-25/h5-6,10-11,17-18H,3-4,7-9,12-15H2,1-2H3,(H,22,23). The maximum absolute atomic E-state index is 4.66. The van der Waals surface area contributed by atoms with E-state index >= 15 is 0 Å². The zero-order valence-electron chi connectivity index (χ0n) is 16.1. The molecule has 1 saturated carbocycles. The maximum Gasteiger partial charge on any atom is 0.193 e. The van der Waals surface area contributed by atoms with Crippen LogP contribution in [0.25, 0.3) is 11.0 Å². The number of guanidine groups is 1. The molecule has 2 aromatic rings. The third kappa shape index (κ3) is 3.44. The molecule has 2 heterocycles. The predicted molar refractivity (Wildman–Crippen MR) is 107 cm³/mol. The number of hydrogen-bond donors (Lipinski definition) is 1. The van der Waals surface area contributed by atoms with Crippen LogP contribution in [0, 0.1) is 18.8 Å². The minimum Gasteiger partial charge on any atom is -0.356 e. The molecule has 1 aromatic carbocycles. The molecule has 2 atom stereocenters. The molecular formula is C21H31N5. The summed E-state index contributed by atoms with van der Waals surface area (Å²) in [6, 6.07) is 8.39. The molecule has 1 saturated heterocycles. The fraction of sp³-hybridized carbons (Fsp3) is 0.619. The first kappa shape index (κ1) is 17.4. The molecule has 4 rings (SSSR count). The molecule has 1 aliphatic carbocycles. The third-order valence-corrected chi connectivity index (χ3v) is 6.17. The van der Waals surface area contributed by atoms with Crippen LogP contribution in [0.15, 0.2) is 29.3 Å². The Balaban J connectivity index is 1.30. The zero-order chi connectivity index (χ0) is 17.9. The van der Waals surface area contributed by atoms with Gasteiger partial charge in [-0.1, -0.05) is 25.0 Å². The number of rotatable bonds is 4. The van der Waals surface area contributed by atoms with Gasteiger partial charge in [-0.25, -0.2) is 4.98 Å². The summed E-state index contributed by atoms with van der Waals surface area (Å²) in [5.74, 6) is 3.97. The number of aliphatic imine (C=N–C) groups is 1. The predicted octanol–water partition coefficient (Wildman–Crippen LogP) is 3.43. The normalized spacial score (nSPS) is 23.5. The highest BCUT2D eigenvalue weighted by molar-refractivity contribution is 5.80. The van der Waals surface area contributed by atoms with E-state index in [2.05, 4.69) is 55.9 Å². The van der Waals surface area contributed by atoms with Crippen LogP contribution < -0.4 is 5.32 Å². The van der Waals surface area contributed by atoms with Crippen LogP contribution in [0.3, 0.4) is 0 Å². The van der Waals surface area contributed by atoms with Crippen molar-refractivity contribution in [2.45, 2.75) is 45.6 Å². The molecule has 2 fully saturated rings. The van der Waals surface area contributed by atoms with Gasteiger partial charge in [0.2, 0.25) is 0 Å². The van der Waals surface area contributed by atoms with Crippen molar-refractivity contribution < 1.29 is 0 Å². The molecule has 2 unspecified atom stereocenters. The minimum absolute atomic E-state index is 0.891. The number of benzene rings is 1. The SMILES string of the molecule is CN=C(NCCCn1c(C)nc2ccccc21)N1CC2CCCCC2C1. The monoisotopic (exact) mass is 353 g/mol. The Morgan fingerprint density at radius 2 is 1.92 bits per heavy atom. The number of aryl methyl sites for hydroxylation is 2. The first-order valence-corrected chi connectivity index (χ1v) is 10.1. The lowest BCUT2D eigenvalue weighted by molar-refractivity contribution is 0.299. The molecule has 140 valence electrons. The van der Waals surface area contributed by atoms with Gasteiger partial charge in [0.1, 0.15) is 5.82 Å². The number of imidazole rings is 1. The van der Waals surface area contributed by atoms with E-state index in [4.69, 9.17) is 0 Å². The van der Waals surface area contributed by atoms with Crippen molar-refractivity contribution in [1.29, 1.82) is 0 Å². The summed E-state index contributed by atoms with van der Waals surface area (Å²) < 4.78 is 2.32. The van der Waals surface area contributed by atoms with Crippen LogP contribution in [0.1, 0.15) is 37.9 Å². The number of para-hydroxylation sites is 2. The Kier molecular flexibility index (Phi) is 5.14. The topological polar surface area (TPSA) is 45.5 Å². The Bertz CT molecular complexity index is 764. The highest BCUT2D eigenvalue weighted by atomic mass is 15.3. The largest absolute Gasteiger partial charge is 0.356 e. The molecule has 0 radical (unpaired) electrons. The van der Waals surface area contributed by atoms with Gasteiger partial charge in [0, 0.05) is 33.2 Å². The highest BCUT2D eigenvalue weighted by Crippen LogP contribution is 2.35. The second-order valence-electron chi connectivity index (χ2n) is 7.84. The molecule has 1 aliphatic heterocycles. The summed E-state index contributed by atoms with van der Waals surface area (Å²) in [6.07, 6.45) is 6.72. The summed E-state index contributed by atoms with van der Waals surface area (Å²) >= 11 is 0. The lowest BCUT2D eigenvalue weighted by Crippen LogP contribution is -2.40. The summed E-state index contributed by atoms with van der Waals surface area (Å²) in [6.45, 7) is 6.41. The minimum atomic E-state index is 0.891. The number of likely N-dealkylation sites (tertiary alicyclic amines) is 1. The fourth-order valence-electron chi connectivity index (χ4n) is 4.83. The zero-order valence-corrected chi connectivity index (χ0v) is 16.1. The van der Waals surface area contributed by atoms with Crippen LogP contribution in [0.2, 0.25) is 0 Å². The van der Waals surface area contributed by atoms with Gasteiger partial charge in [-0.05, 0) is 50.2 Å². The van der Waals surface area contributed by atoms with Crippen molar-refractivity contribution in [1.82, 2.24) is 19.8 Å². The van der Waals surface area contributed by atoms with Gasteiger partial charge in [-0.15, -0.1) is 0 Å². The Morgan fingerprint density at radius 1 is 1.19 bits per heavy atom. The summed E-state index contributed by atoms with van der Waals surface area (Å²) in [5, 5.41) is 3.59. The second-order valence-corrected chi connectivity index (χ2v) is 7.84. The fourth-order valence-corrected chi connectivity index (χ4v) is 4.83. The van der Waals surface area contributed by atoms with E-state index in [9.17, 15) is 0 Å². The number of hydrogen-bond acceptors (Lipinski definition) is 2. The van der Waals surface area contributed by atoms with Gasteiger partial charge in [-0.3, -0.25) is 4.99 Å². The van der Waals surface area contributed by atoms with E-state index < -0.39 is 0 Å². The van der Waals surface area contributed by atoms with Crippen LogP contribution in [0.4, 0.5) is 0 Å². The number of nitrogens with zero attached hydrogens (tertiary/aromatic N) is 4. The summed E-state index contributed by atoms with van der Waals surface area (Å²) in [4.78, 5) is 11.7. The molecule has 1 N–H and O–H groups in total. The van der Waals surface area contributed by atoms with Crippen molar-refractivity contribution in [3.8, 4) is 0 Å². The van der Waals surface area contributed by atoms with Crippen molar-refractivity contribution in [2.75, 3.05) is 26.7 Å². The molecule has 5 nitrogen and oxygen atoms in total. The lowest BCUT2D eigenvalue weighted by Gasteiger charge is -2.22. The lowest BCUT2D eigenvalue weighted by atomic mass is 9.82. The van der Waals surface area contributed by atoms with E-state index in [1.807, 2.05) is 7.05 Å². The summed E-state index contributed by atoms with van der Waals surface area (Å²) in [7, 11) is 1.91. The van der Waals surface area contributed by atoms with E-state index in [0.717, 1.165) is 48.6 Å². The van der Waals surface area contributed by atoms with Crippen LogP contribution in [-0.2, 0) is 6.54 Å². The van der Waals surface area contributed by atoms with Crippen LogP contribution in [0.5, 0.6) is 0 Å².